The molecule has 0 aromatic heterocycles. The molecule has 0 aliphatic rings. The quantitative estimate of drug-likeness (QED) is 0.562. The maximum absolute atomic E-state index is 13.2. The summed E-state index contributed by atoms with van der Waals surface area (Å²) in [5, 5.41) is 18.2. The van der Waals surface area contributed by atoms with Gasteiger partial charge in [0.1, 0.15) is 5.82 Å². The van der Waals surface area contributed by atoms with Gasteiger partial charge in [-0.25, -0.2) is 17.5 Å². The molecule has 0 unspecified atom stereocenters. The predicted octanol–water partition coefficient (Wildman–Crippen LogP) is 0.192. The molecule has 0 aliphatic heterocycles. The van der Waals surface area contributed by atoms with E-state index < -0.39 is 34.6 Å². The molecule has 0 aliphatic carbocycles. The van der Waals surface area contributed by atoms with E-state index in [4.69, 9.17) is 15.9 Å². The van der Waals surface area contributed by atoms with E-state index in [1.807, 2.05) is 0 Å². The van der Waals surface area contributed by atoms with Crippen molar-refractivity contribution in [2.75, 3.05) is 18.9 Å². The van der Waals surface area contributed by atoms with E-state index in [1.54, 1.807) is 0 Å². The highest BCUT2D eigenvalue weighted by atomic mass is 79.9. The van der Waals surface area contributed by atoms with Crippen molar-refractivity contribution in [2.24, 2.45) is 0 Å². The summed E-state index contributed by atoms with van der Waals surface area (Å²) in [5.74, 6) is -0.752. The first-order valence-corrected chi connectivity index (χ1v) is 7.43. The summed E-state index contributed by atoms with van der Waals surface area (Å²) >= 11 is 2.93. The Bertz CT molecular complexity index is 575. The van der Waals surface area contributed by atoms with Gasteiger partial charge in [-0.3, -0.25) is 0 Å². The molecule has 1 aromatic carbocycles. The molecule has 0 saturated heterocycles. The van der Waals surface area contributed by atoms with Gasteiger partial charge in [0.2, 0.25) is 10.0 Å². The van der Waals surface area contributed by atoms with E-state index >= 15 is 0 Å². The second kappa shape index (κ2) is 5.71. The largest absolute Gasteiger partial charge is 0.396 e. The van der Waals surface area contributed by atoms with Gasteiger partial charge in [0.25, 0.3) is 0 Å². The molecule has 9 heteroatoms. The number of aliphatic hydroxyl groups excluding tert-OH is 2. The number of nitrogens with one attached hydrogen (secondary N) is 1. The molecule has 0 amide bonds. The lowest BCUT2D eigenvalue weighted by molar-refractivity contribution is 0.121. The molecule has 1 aromatic rings. The van der Waals surface area contributed by atoms with Crippen molar-refractivity contribution in [1.29, 1.82) is 0 Å². The normalized spacial score (nSPS) is 12.7. The first kappa shape index (κ1) is 16.3. The molecule has 0 saturated carbocycles. The van der Waals surface area contributed by atoms with Gasteiger partial charge in [-0.15, -0.1) is 0 Å². The van der Waals surface area contributed by atoms with Gasteiger partial charge in [-0.1, -0.05) is 0 Å². The van der Waals surface area contributed by atoms with Crippen molar-refractivity contribution in [3.05, 3.63) is 22.4 Å². The number of nitrogen functional groups attached to an aromatic ring is 1. The standard InChI is InChI=1S/C10H14BrFN2O4S/c1-10(4-15,5-16)14-19(17,18)9-3-8(13)7(12)2-6(9)11/h2-3,14-16H,4-5,13H2,1H3. The predicted molar refractivity (Wildman–Crippen MR) is 71.4 cm³/mol. The number of benzene rings is 1. The van der Waals surface area contributed by atoms with Crippen LogP contribution in [-0.4, -0.2) is 37.4 Å². The Morgan fingerprint density at radius 1 is 1.42 bits per heavy atom. The van der Waals surface area contributed by atoms with Crippen LogP contribution in [0.5, 0.6) is 0 Å². The van der Waals surface area contributed by atoms with Gasteiger partial charge < -0.3 is 15.9 Å². The van der Waals surface area contributed by atoms with Crippen LogP contribution in [0.1, 0.15) is 6.92 Å². The van der Waals surface area contributed by atoms with Crippen LogP contribution in [0.2, 0.25) is 0 Å². The van der Waals surface area contributed by atoms with Crippen LogP contribution < -0.4 is 10.5 Å². The van der Waals surface area contributed by atoms with E-state index in [0.717, 1.165) is 12.1 Å². The van der Waals surface area contributed by atoms with Gasteiger partial charge in [-0.05, 0) is 35.0 Å². The zero-order valence-corrected chi connectivity index (χ0v) is 12.4. The van der Waals surface area contributed by atoms with Crippen LogP contribution in [0, 0.1) is 5.82 Å². The van der Waals surface area contributed by atoms with Crippen LogP contribution in [0.25, 0.3) is 0 Å². The fourth-order valence-electron chi connectivity index (χ4n) is 1.24. The number of rotatable bonds is 5. The molecule has 0 bridgehead atoms. The lowest BCUT2D eigenvalue weighted by Crippen LogP contribution is -2.51. The Hall–Kier alpha value is -0.740. The second-order valence-electron chi connectivity index (χ2n) is 4.29. The number of halogens is 2. The second-order valence-corrected chi connectivity index (χ2v) is 6.79. The van der Waals surface area contributed by atoms with E-state index in [9.17, 15) is 12.8 Å². The lowest BCUT2D eigenvalue weighted by Gasteiger charge is -2.26. The van der Waals surface area contributed by atoms with Gasteiger partial charge in [0.05, 0.1) is 29.3 Å². The number of hydrogen-bond acceptors (Lipinski definition) is 5. The first-order chi connectivity index (χ1) is 8.65. The third-order valence-electron chi connectivity index (χ3n) is 2.42. The lowest BCUT2D eigenvalue weighted by atomic mass is 10.1. The van der Waals surface area contributed by atoms with E-state index in [2.05, 4.69) is 20.7 Å². The van der Waals surface area contributed by atoms with Crippen LogP contribution in [0.15, 0.2) is 21.5 Å². The monoisotopic (exact) mass is 356 g/mol. The summed E-state index contributed by atoms with van der Waals surface area (Å²) in [5.41, 5.74) is 3.58. The average molecular weight is 357 g/mol. The average Bonchev–Trinajstić information content (AvgIpc) is 2.33. The Balaban J connectivity index is 3.25. The molecule has 0 fully saturated rings. The summed E-state index contributed by atoms with van der Waals surface area (Å²) in [6.45, 7) is 0.124. The summed E-state index contributed by atoms with van der Waals surface area (Å²) in [7, 11) is -4.08. The minimum absolute atomic E-state index is 0.00932. The number of hydrogen-bond donors (Lipinski definition) is 4. The van der Waals surface area contributed by atoms with Crippen LogP contribution in [-0.2, 0) is 10.0 Å². The van der Waals surface area contributed by atoms with Crippen molar-refractivity contribution in [3.8, 4) is 0 Å². The zero-order valence-electron chi connectivity index (χ0n) is 10.0. The topological polar surface area (TPSA) is 113 Å². The molecule has 0 radical (unpaired) electrons. The molecule has 5 N–H and O–H groups in total. The molecule has 6 nitrogen and oxygen atoms in total. The third kappa shape index (κ3) is 3.63. The summed E-state index contributed by atoms with van der Waals surface area (Å²) < 4.78 is 39.5. The summed E-state index contributed by atoms with van der Waals surface area (Å²) in [6.07, 6.45) is 0. The summed E-state index contributed by atoms with van der Waals surface area (Å²) in [4.78, 5) is -0.278. The van der Waals surface area contributed by atoms with Crippen LogP contribution in [0.3, 0.4) is 0 Å². The molecule has 19 heavy (non-hydrogen) atoms. The molecule has 0 atom stereocenters. The third-order valence-corrected chi connectivity index (χ3v) is 5.02. The fraction of sp³-hybridized carbons (Fsp3) is 0.400. The minimum atomic E-state index is -4.08. The smallest absolute Gasteiger partial charge is 0.242 e. The van der Waals surface area contributed by atoms with E-state index in [0.29, 0.717) is 0 Å². The van der Waals surface area contributed by atoms with Crippen molar-refractivity contribution in [2.45, 2.75) is 17.4 Å². The maximum Gasteiger partial charge on any atom is 0.242 e. The van der Waals surface area contributed by atoms with Crippen molar-refractivity contribution < 1.29 is 23.0 Å². The SMILES string of the molecule is CC(CO)(CO)NS(=O)(=O)c1cc(N)c(F)cc1Br. The molecule has 1 rings (SSSR count). The van der Waals surface area contributed by atoms with E-state index in [-0.39, 0.29) is 15.1 Å². The van der Waals surface area contributed by atoms with Gasteiger partial charge in [-0.2, -0.15) is 0 Å². The minimum Gasteiger partial charge on any atom is -0.396 e. The molecular formula is C10H14BrFN2O4S. The van der Waals surface area contributed by atoms with Crippen molar-refractivity contribution >= 4 is 31.6 Å². The van der Waals surface area contributed by atoms with Gasteiger partial charge in [0.15, 0.2) is 0 Å². The van der Waals surface area contributed by atoms with Crippen LogP contribution >= 0.6 is 15.9 Å². The molecule has 108 valence electrons. The highest BCUT2D eigenvalue weighted by Crippen LogP contribution is 2.27. The first-order valence-electron chi connectivity index (χ1n) is 5.15. The molecular weight excluding hydrogens is 343 g/mol. The van der Waals surface area contributed by atoms with E-state index in [1.165, 1.54) is 6.92 Å². The number of anilines is 1. The van der Waals surface area contributed by atoms with Gasteiger partial charge >= 0.3 is 0 Å². The number of nitrogens with two attached hydrogens (primary N) is 1. The molecule has 0 spiro atoms. The fourth-order valence-corrected chi connectivity index (χ4v) is 3.69. The highest BCUT2D eigenvalue weighted by Gasteiger charge is 2.31. The number of sulfonamides is 1. The van der Waals surface area contributed by atoms with Crippen molar-refractivity contribution in [1.82, 2.24) is 4.72 Å². The van der Waals surface area contributed by atoms with Crippen molar-refractivity contribution in [3.63, 3.8) is 0 Å². The zero-order chi connectivity index (χ0) is 14.8. The highest BCUT2D eigenvalue weighted by molar-refractivity contribution is 9.10. The summed E-state index contributed by atoms with van der Waals surface area (Å²) in [6, 6.07) is 1.88. The maximum atomic E-state index is 13.2. The Morgan fingerprint density at radius 2 is 1.95 bits per heavy atom. The Kier molecular flexibility index (Phi) is 4.91. The number of aliphatic hydroxyl groups is 2. The Morgan fingerprint density at radius 3 is 2.42 bits per heavy atom. The van der Waals surface area contributed by atoms with Gasteiger partial charge in [0, 0.05) is 4.47 Å². The Labute approximate surface area is 118 Å². The molecule has 0 heterocycles. The van der Waals surface area contributed by atoms with Crippen LogP contribution in [0.4, 0.5) is 10.1 Å².